The van der Waals surface area contributed by atoms with Crippen LogP contribution in [0.3, 0.4) is 0 Å². The van der Waals surface area contributed by atoms with Crippen LogP contribution in [0.5, 0.6) is 5.75 Å². The number of nitrogens with one attached hydrogen (secondary N) is 3. The van der Waals surface area contributed by atoms with E-state index in [0.717, 1.165) is 35.0 Å². The molecule has 0 radical (unpaired) electrons. The molecule has 1 aliphatic carbocycles. The third-order valence-electron chi connectivity index (χ3n) is 6.07. The molecule has 33 heavy (non-hydrogen) atoms. The summed E-state index contributed by atoms with van der Waals surface area (Å²) < 4.78 is 19.2. The first-order valence-corrected chi connectivity index (χ1v) is 10.9. The van der Waals surface area contributed by atoms with E-state index in [4.69, 9.17) is 4.74 Å². The maximum absolute atomic E-state index is 13.9. The molecular formula is C25H24FN5O2. The summed E-state index contributed by atoms with van der Waals surface area (Å²) in [6.45, 7) is 0.506. The molecule has 0 aliphatic heterocycles. The molecule has 1 amide bonds. The summed E-state index contributed by atoms with van der Waals surface area (Å²) in [7, 11) is 1.53. The van der Waals surface area contributed by atoms with E-state index in [0.29, 0.717) is 35.9 Å². The number of H-pyrrole nitrogens is 1. The van der Waals surface area contributed by atoms with E-state index in [1.807, 2.05) is 30.3 Å². The lowest BCUT2D eigenvalue weighted by Gasteiger charge is -2.22. The highest BCUT2D eigenvalue weighted by Crippen LogP contribution is 2.36. The Labute approximate surface area is 190 Å². The van der Waals surface area contributed by atoms with Gasteiger partial charge in [0, 0.05) is 24.2 Å². The SMILES string of the molecule is COc1ccc(F)cc1Nc1ncnc2[nH]c3c(c12)CC(C(=O)NCc1ccccc1)CC3. The molecule has 1 aliphatic rings. The summed E-state index contributed by atoms with van der Waals surface area (Å²) >= 11 is 0. The van der Waals surface area contributed by atoms with Crippen LogP contribution in [-0.4, -0.2) is 28.0 Å². The second kappa shape index (κ2) is 8.90. The van der Waals surface area contributed by atoms with Crippen LogP contribution >= 0.6 is 0 Å². The van der Waals surface area contributed by atoms with Crippen molar-refractivity contribution < 1.29 is 13.9 Å². The normalized spacial score (nSPS) is 15.2. The van der Waals surface area contributed by atoms with Gasteiger partial charge in [-0.25, -0.2) is 14.4 Å². The second-order valence-electron chi connectivity index (χ2n) is 8.14. The average molecular weight is 445 g/mol. The number of anilines is 2. The molecular weight excluding hydrogens is 421 g/mol. The Kier molecular flexibility index (Phi) is 5.64. The molecule has 5 rings (SSSR count). The summed E-state index contributed by atoms with van der Waals surface area (Å²) in [6, 6.07) is 14.1. The number of amides is 1. The van der Waals surface area contributed by atoms with E-state index < -0.39 is 0 Å². The Morgan fingerprint density at radius 1 is 1.21 bits per heavy atom. The minimum absolute atomic E-state index is 0.0389. The second-order valence-corrected chi connectivity index (χ2v) is 8.14. The molecule has 0 spiro atoms. The summed E-state index contributed by atoms with van der Waals surface area (Å²) in [5.41, 5.74) is 4.32. The zero-order valence-electron chi connectivity index (χ0n) is 18.2. The average Bonchev–Trinajstić information content (AvgIpc) is 3.22. The van der Waals surface area contributed by atoms with Crippen molar-refractivity contribution in [2.75, 3.05) is 12.4 Å². The van der Waals surface area contributed by atoms with Crippen LogP contribution in [0.15, 0.2) is 54.9 Å². The largest absolute Gasteiger partial charge is 0.495 e. The number of halogens is 1. The number of aromatic nitrogens is 3. The van der Waals surface area contributed by atoms with E-state index >= 15 is 0 Å². The van der Waals surface area contributed by atoms with Crippen LogP contribution in [0.25, 0.3) is 11.0 Å². The molecule has 2 heterocycles. The van der Waals surface area contributed by atoms with Gasteiger partial charge in [0.05, 0.1) is 18.2 Å². The number of hydrogen-bond acceptors (Lipinski definition) is 5. The van der Waals surface area contributed by atoms with Crippen molar-refractivity contribution in [3.63, 3.8) is 0 Å². The molecule has 0 saturated heterocycles. The summed E-state index contributed by atoms with van der Waals surface area (Å²) in [5.74, 6) is 0.571. The van der Waals surface area contributed by atoms with Gasteiger partial charge < -0.3 is 20.4 Å². The number of ether oxygens (including phenoxy) is 1. The van der Waals surface area contributed by atoms with Crippen molar-refractivity contribution in [2.24, 2.45) is 5.92 Å². The third kappa shape index (κ3) is 4.24. The third-order valence-corrected chi connectivity index (χ3v) is 6.07. The lowest BCUT2D eigenvalue weighted by atomic mass is 9.86. The Bertz CT molecular complexity index is 1310. The zero-order chi connectivity index (χ0) is 22.8. The summed E-state index contributed by atoms with van der Waals surface area (Å²) in [5, 5.41) is 7.08. The minimum atomic E-state index is -0.380. The van der Waals surface area contributed by atoms with Crippen molar-refractivity contribution in [1.29, 1.82) is 0 Å². The number of hydrogen-bond donors (Lipinski definition) is 3. The quantitative estimate of drug-likeness (QED) is 0.412. The molecule has 0 saturated carbocycles. The number of rotatable bonds is 6. The highest BCUT2D eigenvalue weighted by Gasteiger charge is 2.29. The predicted octanol–water partition coefficient (Wildman–Crippen LogP) is 4.27. The predicted molar refractivity (Wildman–Crippen MR) is 124 cm³/mol. The zero-order valence-corrected chi connectivity index (χ0v) is 18.2. The Hall–Kier alpha value is -3.94. The van der Waals surface area contributed by atoms with Crippen LogP contribution in [-0.2, 0) is 24.2 Å². The summed E-state index contributed by atoms with van der Waals surface area (Å²) in [4.78, 5) is 25.1. The van der Waals surface area contributed by atoms with Gasteiger partial charge in [0.25, 0.3) is 0 Å². The standard InChI is InChI=1S/C25H24FN5O2/c1-33-21-10-8-17(26)12-20(21)31-24-22-18-11-16(7-9-19(18)30-23(22)28-14-29-24)25(32)27-13-15-5-3-2-4-6-15/h2-6,8,10,12,14,16H,7,9,11,13H2,1H3,(H,27,32)(H2,28,29,30,31). The molecule has 168 valence electrons. The molecule has 4 aromatic rings. The smallest absolute Gasteiger partial charge is 0.223 e. The molecule has 2 aromatic carbocycles. The van der Waals surface area contributed by atoms with Crippen LogP contribution in [0.2, 0.25) is 0 Å². The van der Waals surface area contributed by atoms with Gasteiger partial charge in [0.1, 0.15) is 29.4 Å². The highest BCUT2D eigenvalue weighted by molar-refractivity contribution is 5.94. The Morgan fingerprint density at radius 3 is 2.88 bits per heavy atom. The highest BCUT2D eigenvalue weighted by atomic mass is 19.1. The lowest BCUT2D eigenvalue weighted by Crippen LogP contribution is -2.33. The van der Waals surface area contributed by atoms with E-state index in [1.165, 1.54) is 25.6 Å². The van der Waals surface area contributed by atoms with Crippen molar-refractivity contribution in [2.45, 2.75) is 25.8 Å². The minimum Gasteiger partial charge on any atom is -0.495 e. The fourth-order valence-electron chi connectivity index (χ4n) is 4.39. The number of benzene rings is 2. The fourth-order valence-corrected chi connectivity index (χ4v) is 4.39. The van der Waals surface area contributed by atoms with Crippen molar-refractivity contribution in [3.8, 4) is 5.75 Å². The van der Waals surface area contributed by atoms with Crippen molar-refractivity contribution in [3.05, 3.63) is 77.5 Å². The molecule has 3 N–H and O–H groups in total. The summed E-state index contributed by atoms with van der Waals surface area (Å²) in [6.07, 6.45) is 3.55. The molecule has 0 fully saturated rings. The van der Waals surface area contributed by atoms with Gasteiger partial charge in [-0.2, -0.15) is 0 Å². The molecule has 1 unspecified atom stereocenters. The van der Waals surface area contributed by atoms with Crippen molar-refractivity contribution >= 4 is 28.4 Å². The van der Waals surface area contributed by atoms with Crippen LogP contribution in [0.1, 0.15) is 23.2 Å². The first-order chi connectivity index (χ1) is 16.1. The van der Waals surface area contributed by atoms with Gasteiger partial charge in [-0.05, 0) is 42.5 Å². The first-order valence-electron chi connectivity index (χ1n) is 10.9. The van der Waals surface area contributed by atoms with Gasteiger partial charge in [-0.3, -0.25) is 4.79 Å². The van der Waals surface area contributed by atoms with Gasteiger partial charge in [-0.15, -0.1) is 0 Å². The maximum Gasteiger partial charge on any atom is 0.223 e. The topological polar surface area (TPSA) is 91.9 Å². The van der Waals surface area contributed by atoms with Gasteiger partial charge in [0.2, 0.25) is 5.91 Å². The monoisotopic (exact) mass is 445 g/mol. The maximum atomic E-state index is 13.9. The fraction of sp³-hybridized carbons (Fsp3) is 0.240. The van der Waals surface area contributed by atoms with E-state index in [9.17, 15) is 9.18 Å². The molecule has 0 bridgehead atoms. The van der Waals surface area contributed by atoms with E-state index in [2.05, 4.69) is 25.6 Å². The van der Waals surface area contributed by atoms with Crippen LogP contribution < -0.4 is 15.4 Å². The molecule has 2 aromatic heterocycles. The molecule has 1 atom stereocenters. The number of carbonyl (C=O) groups is 1. The van der Waals surface area contributed by atoms with Gasteiger partial charge >= 0.3 is 0 Å². The van der Waals surface area contributed by atoms with Crippen molar-refractivity contribution in [1.82, 2.24) is 20.3 Å². The Balaban J connectivity index is 1.41. The number of carbonyl (C=O) groups excluding carboxylic acids is 1. The van der Waals surface area contributed by atoms with Gasteiger partial charge in [0.15, 0.2) is 0 Å². The lowest BCUT2D eigenvalue weighted by molar-refractivity contribution is -0.125. The first kappa shape index (κ1) is 20.9. The number of methoxy groups -OCH3 is 1. The van der Waals surface area contributed by atoms with Crippen LogP contribution in [0, 0.1) is 11.7 Å². The van der Waals surface area contributed by atoms with Gasteiger partial charge in [-0.1, -0.05) is 30.3 Å². The molecule has 8 heteroatoms. The number of aromatic amines is 1. The number of nitrogens with zero attached hydrogens (tertiary/aromatic N) is 2. The number of fused-ring (bicyclic) bond motifs is 3. The number of aryl methyl sites for hydroxylation is 1. The van der Waals surface area contributed by atoms with E-state index in [-0.39, 0.29) is 17.6 Å². The Morgan fingerprint density at radius 2 is 2.06 bits per heavy atom. The van der Waals surface area contributed by atoms with Crippen LogP contribution in [0.4, 0.5) is 15.9 Å². The van der Waals surface area contributed by atoms with E-state index in [1.54, 1.807) is 6.07 Å². The molecule has 7 nitrogen and oxygen atoms in total.